The van der Waals surface area contributed by atoms with Crippen molar-refractivity contribution >= 4 is 17.6 Å². The lowest BCUT2D eigenvalue weighted by molar-refractivity contribution is 0.188. The topological polar surface area (TPSA) is 45.5 Å². The van der Waals surface area contributed by atoms with Crippen molar-refractivity contribution in [3.63, 3.8) is 0 Å². The number of likely N-dealkylation sites (tertiary alicyclic amines) is 1. The fourth-order valence-corrected chi connectivity index (χ4v) is 3.93. The molecule has 1 N–H and O–H groups in total. The van der Waals surface area contributed by atoms with E-state index in [1.807, 2.05) is 37.8 Å². The summed E-state index contributed by atoms with van der Waals surface area (Å²) >= 11 is 6.18. The largest absolute Gasteiger partial charge is 0.355 e. The molecule has 0 aliphatic carbocycles. The Hall–Kier alpha value is -2.01. The van der Waals surface area contributed by atoms with Crippen LogP contribution in [0.15, 0.2) is 48.0 Å². The second-order valence-electron chi connectivity index (χ2n) is 8.08. The van der Waals surface area contributed by atoms with E-state index >= 15 is 0 Å². The molecule has 1 saturated heterocycles. The second kappa shape index (κ2) is 8.34. The highest BCUT2D eigenvalue weighted by atomic mass is 35.5. The minimum absolute atomic E-state index is 0.0479. The molecule has 0 amide bonds. The van der Waals surface area contributed by atoms with Crippen LogP contribution in [0.2, 0.25) is 5.02 Å². The number of aliphatic imine (C=N–C) groups is 1. The molecule has 1 aromatic heterocycles. The molecule has 5 nitrogen and oxygen atoms in total. The maximum atomic E-state index is 6.18. The Labute approximate surface area is 167 Å². The molecule has 2 atom stereocenters. The summed E-state index contributed by atoms with van der Waals surface area (Å²) in [5.41, 5.74) is 1.18. The Morgan fingerprint density at radius 1 is 1.41 bits per heavy atom. The SMILES string of the molecule is CN=C(NCC(C)(C)c1cccc(Cl)c1)N1CCC(C)C(n2ccnc2)C1. The second-order valence-corrected chi connectivity index (χ2v) is 8.52. The van der Waals surface area contributed by atoms with Gasteiger partial charge >= 0.3 is 0 Å². The van der Waals surface area contributed by atoms with Gasteiger partial charge in [-0.25, -0.2) is 4.98 Å². The van der Waals surface area contributed by atoms with Gasteiger partial charge in [-0.1, -0.05) is 44.5 Å². The molecule has 2 aromatic rings. The van der Waals surface area contributed by atoms with Crippen molar-refractivity contribution in [1.29, 1.82) is 0 Å². The van der Waals surface area contributed by atoms with E-state index in [0.717, 1.165) is 37.0 Å². The highest BCUT2D eigenvalue weighted by Gasteiger charge is 2.30. The molecule has 2 unspecified atom stereocenters. The fraction of sp³-hybridized carbons (Fsp3) is 0.524. The minimum Gasteiger partial charge on any atom is -0.355 e. The van der Waals surface area contributed by atoms with E-state index in [-0.39, 0.29) is 5.41 Å². The van der Waals surface area contributed by atoms with Crippen molar-refractivity contribution in [3.05, 3.63) is 53.6 Å². The molecule has 27 heavy (non-hydrogen) atoms. The van der Waals surface area contributed by atoms with Crippen LogP contribution in [-0.2, 0) is 5.41 Å². The summed E-state index contributed by atoms with van der Waals surface area (Å²) in [7, 11) is 1.86. The number of hydrogen-bond donors (Lipinski definition) is 1. The van der Waals surface area contributed by atoms with Crippen LogP contribution in [0.4, 0.5) is 0 Å². The van der Waals surface area contributed by atoms with Gasteiger partial charge in [0.05, 0.1) is 12.4 Å². The number of rotatable bonds is 4. The zero-order valence-electron chi connectivity index (χ0n) is 16.7. The number of piperidine rings is 1. The van der Waals surface area contributed by atoms with Crippen molar-refractivity contribution in [3.8, 4) is 0 Å². The van der Waals surface area contributed by atoms with E-state index in [1.165, 1.54) is 5.56 Å². The molecule has 0 saturated carbocycles. The maximum absolute atomic E-state index is 6.18. The summed E-state index contributed by atoms with van der Waals surface area (Å²) < 4.78 is 2.22. The van der Waals surface area contributed by atoms with E-state index in [2.05, 4.69) is 57.8 Å². The van der Waals surface area contributed by atoms with Gasteiger partial charge in [0.2, 0.25) is 0 Å². The molecule has 1 aromatic carbocycles. The van der Waals surface area contributed by atoms with E-state index < -0.39 is 0 Å². The molecule has 1 aliphatic heterocycles. The monoisotopic (exact) mass is 387 g/mol. The standard InChI is InChI=1S/C21H30ClN5/c1-16-8-10-26(13-19(16)27-11-9-24-15-27)20(23-4)25-14-21(2,3)17-6-5-7-18(22)12-17/h5-7,9,11-12,15-16,19H,8,10,13-14H2,1-4H3,(H,23,25). The van der Waals surface area contributed by atoms with Gasteiger partial charge in [-0.2, -0.15) is 0 Å². The number of nitrogens with one attached hydrogen (secondary N) is 1. The number of imidazole rings is 1. The van der Waals surface area contributed by atoms with Crippen LogP contribution in [0.5, 0.6) is 0 Å². The summed E-state index contributed by atoms with van der Waals surface area (Å²) in [6, 6.07) is 8.52. The first-order valence-corrected chi connectivity index (χ1v) is 9.97. The first-order valence-electron chi connectivity index (χ1n) is 9.60. The summed E-state index contributed by atoms with van der Waals surface area (Å²) in [5, 5.41) is 4.36. The first-order chi connectivity index (χ1) is 12.9. The quantitative estimate of drug-likeness (QED) is 0.637. The summed E-state index contributed by atoms with van der Waals surface area (Å²) in [6.45, 7) is 9.53. The molecular weight excluding hydrogens is 358 g/mol. The van der Waals surface area contributed by atoms with Gasteiger partial charge in [-0.3, -0.25) is 4.99 Å². The Bertz CT molecular complexity index is 769. The Kier molecular flexibility index (Phi) is 6.10. The van der Waals surface area contributed by atoms with Gasteiger partial charge in [0, 0.05) is 49.5 Å². The minimum atomic E-state index is -0.0479. The van der Waals surface area contributed by atoms with Crippen molar-refractivity contribution in [1.82, 2.24) is 19.8 Å². The smallest absolute Gasteiger partial charge is 0.193 e. The van der Waals surface area contributed by atoms with Crippen molar-refractivity contribution in [2.75, 3.05) is 26.7 Å². The van der Waals surface area contributed by atoms with Crippen molar-refractivity contribution < 1.29 is 0 Å². The van der Waals surface area contributed by atoms with Gasteiger partial charge in [-0.15, -0.1) is 0 Å². The van der Waals surface area contributed by atoms with Gasteiger partial charge in [0.15, 0.2) is 5.96 Å². The van der Waals surface area contributed by atoms with Gasteiger partial charge in [0.25, 0.3) is 0 Å². The Morgan fingerprint density at radius 3 is 2.89 bits per heavy atom. The van der Waals surface area contributed by atoms with Crippen molar-refractivity contribution in [2.24, 2.45) is 10.9 Å². The third-order valence-electron chi connectivity index (χ3n) is 5.63. The van der Waals surface area contributed by atoms with E-state index in [4.69, 9.17) is 11.6 Å². The van der Waals surface area contributed by atoms with Gasteiger partial charge in [-0.05, 0) is 30.0 Å². The van der Waals surface area contributed by atoms with Crippen LogP contribution < -0.4 is 5.32 Å². The van der Waals surface area contributed by atoms with Crippen LogP contribution in [0.1, 0.15) is 38.8 Å². The summed E-state index contributed by atoms with van der Waals surface area (Å²) in [6.07, 6.45) is 6.97. The van der Waals surface area contributed by atoms with Crippen LogP contribution in [0, 0.1) is 5.92 Å². The molecule has 0 bridgehead atoms. The predicted octanol–water partition coefficient (Wildman–Crippen LogP) is 3.97. The predicted molar refractivity (Wildman–Crippen MR) is 112 cm³/mol. The Balaban J connectivity index is 1.67. The Morgan fingerprint density at radius 2 is 2.22 bits per heavy atom. The molecular formula is C21H30ClN5. The zero-order chi connectivity index (χ0) is 19.4. The van der Waals surface area contributed by atoms with E-state index in [1.54, 1.807) is 0 Å². The van der Waals surface area contributed by atoms with E-state index in [0.29, 0.717) is 12.0 Å². The molecule has 1 fully saturated rings. The van der Waals surface area contributed by atoms with E-state index in [9.17, 15) is 0 Å². The fourth-order valence-electron chi connectivity index (χ4n) is 3.74. The lowest BCUT2D eigenvalue weighted by Gasteiger charge is -2.40. The van der Waals surface area contributed by atoms with Gasteiger partial charge in [0.1, 0.15) is 0 Å². The first kappa shape index (κ1) is 19.7. The third kappa shape index (κ3) is 4.64. The number of hydrogen-bond acceptors (Lipinski definition) is 2. The molecule has 1 aliphatic rings. The average molecular weight is 388 g/mol. The van der Waals surface area contributed by atoms with Gasteiger partial charge < -0.3 is 14.8 Å². The lowest BCUT2D eigenvalue weighted by Crippen LogP contribution is -2.51. The zero-order valence-corrected chi connectivity index (χ0v) is 17.4. The normalized spacial score (nSPS) is 21.4. The van der Waals surface area contributed by atoms with Crippen LogP contribution in [0.25, 0.3) is 0 Å². The number of nitrogens with zero attached hydrogens (tertiary/aromatic N) is 4. The lowest BCUT2D eigenvalue weighted by atomic mass is 9.84. The molecule has 0 radical (unpaired) electrons. The molecule has 2 heterocycles. The molecule has 6 heteroatoms. The third-order valence-corrected chi connectivity index (χ3v) is 5.87. The number of guanidine groups is 1. The highest BCUT2D eigenvalue weighted by molar-refractivity contribution is 6.30. The number of benzene rings is 1. The molecule has 3 rings (SSSR count). The number of halogens is 1. The highest BCUT2D eigenvalue weighted by Crippen LogP contribution is 2.28. The summed E-state index contributed by atoms with van der Waals surface area (Å²) in [5.74, 6) is 1.58. The molecule has 0 spiro atoms. The van der Waals surface area contributed by atoms with Crippen LogP contribution in [-0.4, -0.2) is 47.1 Å². The average Bonchev–Trinajstić information content (AvgIpc) is 3.18. The van der Waals surface area contributed by atoms with Crippen LogP contribution in [0.3, 0.4) is 0 Å². The summed E-state index contributed by atoms with van der Waals surface area (Å²) in [4.78, 5) is 11.1. The van der Waals surface area contributed by atoms with Crippen LogP contribution >= 0.6 is 11.6 Å². The maximum Gasteiger partial charge on any atom is 0.193 e. The van der Waals surface area contributed by atoms with Crippen molar-refractivity contribution in [2.45, 2.75) is 38.6 Å². The molecule has 146 valence electrons. The number of aromatic nitrogens is 2.